The molecule has 0 amide bonds. The van der Waals surface area contributed by atoms with Gasteiger partial charge < -0.3 is 0 Å². The predicted molar refractivity (Wildman–Crippen MR) is 43.2 cm³/mol. The van der Waals surface area contributed by atoms with Crippen molar-refractivity contribution in [3.05, 3.63) is 0 Å². The van der Waals surface area contributed by atoms with Crippen molar-refractivity contribution in [2.75, 3.05) is 0 Å². The molecule has 0 saturated carbocycles. The van der Waals surface area contributed by atoms with Crippen molar-refractivity contribution in [2.45, 2.75) is 26.7 Å². The van der Waals surface area contributed by atoms with Gasteiger partial charge >= 0.3 is 82.5 Å². The van der Waals surface area contributed by atoms with E-state index >= 15 is 0 Å². The molecule has 3 heteroatoms. The van der Waals surface area contributed by atoms with Gasteiger partial charge in [-0.2, -0.15) is 0 Å². The van der Waals surface area contributed by atoms with Crippen molar-refractivity contribution in [1.82, 2.24) is 0 Å². The molecule has 0 aliphatic heterocycles. The molecule has 0 unspecified atom stereocenters. The van der Waals surface area contributed by atoms with Crippen molar-refractivity contribution >= 4 is 51.1 Å². The Morgan fingerprint density at radius 3 is 1.67 bits per heavy atom. The first kappa shape index (κ1) is 10.1. The number of ether oxygens (including phenoxy) is 1. The van der Waals surface area contributed by atoms with Gasteiger partial charge in [-0.05, 0) is 0 Å². The van der Waals surface area contributed by atoms with Crippen LogP contribution in [0.25, 0.3) is 0 Å². The first-order chi connectivity index (χ1) is 4.20. The number of rotatable bonds is 4. The zero-order chi connectivity index (χ0) is 7.28. The van der Waals surface area contributed by atoms with Crippen LogP contribution >= 0.6 is 0 Å². The number of hydrogen-bond acceptors (Lipinski definition) is 1. The Kier molecular flexibility index (Phi) is 6.60. The Morgan fingerprint density at radius 2 is 1.44 bits per heavy atom. The van der Waals surface area contributed by atoms with Crippen molar-refractivity contribution in [3.8, 4) is 0 Å². The molecule has 0 aromatic carbocycles. The van der Waals surface area contributed by atoms with Crippen LogP contribution in [0.4, 0.5) is 0 Å². The predicted octanol–water partition coefficient (Wildman–Crippen LogP) is 0.420. The summed E-state index contributed by atoms with van der Waals surface area (Å²) in [6.45, 7) is 4.20. The van der Waals surface area contributed by atoms with Gasteiger partial charge in [0.05, 0.1) is 0 Å². The fourth-order valence-corrected chi connectivity index (χ4v) is 1.36. The molecule has 0 aromatic heterocycles. The molecule has 0 aliphatic carbocycles. The summed E-state index contributed by atoms with van der Waals surface area (Å²) in [5, 5.41) is 0. The van der Waals surface area contributed by atoms with Gasteiger partial charge in [0.1, 0.15) is 0 Å². The molecule has 0 aromatic rings. The van der Waals surface area contributed by atoms with Crippen LogP contribution in [0, 0.1) is 0 Å². The minimum atomic E-state index is 1.02. The Morgan fingerprint density at radius 1 is 1.11 bits per heavy atom. The molecule has 0 heterocycles. The summed E-state index contributed by atoms with van der Waals surface area (Å²) < 4.78 is 7.63. The van der Waals surface area contributed by atoms with Crippen molar-refractivity contribution in [3.63, 3.8) is 0 Å². The molecule has 0 N–H and O–H groups in total. The van der Waals surface area contributed by atoms with E-state index in [0.29, 0.717) is 0 Å². The van der Waals surface area contributed by atoms with Gasteiger partial charge in [-0.1, -0.05) is 0 Å². The first-order valence-corrected chi connectivity index (χ1v) is 5.27. The van der Waals surface area contributed by atoms with E-state index in [1.54, 1.807) is 0 Å². The summed E-state index contributed by atoms with van der Waals surface area (Å²) in [6.07, 6.45) is 2.03. The third-order valence-electron chi connectivity index (χ3n) is 0.805. The zero-order valence-corrected chi connectivity index (χ0v) is 10.3. The van der Waals surface area contributed by atoms with Crippen molar-refractivity contribution in [2.24, 2.45) is 0 Å². The second kappa shape index (κ2) is 5.87. The second-order valence-corrected chi connectivity index (χ2v) is 4.15. The van der Waals surface area contributed by atoms with Gasteiger partial charge in [-0.3, -0.25) is 0 Å². The molecule has 9 heavy (non-hydrogen) atoms. The van der Waals surface area contributed by atoms with Crippen molar-refractivity contribution in [1.29, 1.82) is 0 Å². The Hall–Kier alpha value is 1.12. The fourth-order valence-electron chi connectivity index (χ4n) is 0.271. The summed E-state index contributed by atoms with van der Waals surface area (Å²) in [6, 6.07) is 0. The minimum absolute atomic E-state index is 1.02. The molecule has 0 radical (unpaired) electrons. The molecule has 0 atom stereocenters. The number of hydrogen-bond donors (Lipinski definition) is 0. The maximum absolute atomic E-state index is 5.39. The molecule has 0 fully saturated rings. The molecule has 0 spiro atoms. The normalized spacial score (nSPS) is 8.67. The van der Waals surface area contributed by atoms with Crippen LogP contribution in [-0.2, 0) is 4.74 Å². The average molecular weight is 353 g/mol. The summed E-state index contributed by atoms with van der Waals surface area (Å²) in [7, 11) is 0. The molecule has 0 saturated heterocycles. The SMILES string of the molecule is CCC(=[Te])OC(=[Te])CC. The van der Waals surface area contributed by atoms with Gasteiger partial charge in [0, 0.05) is 0 Å². The maximum atomic E-state index is 5.39. The monoisotopic (exact) mass is 358 g/mol. The van der Waals surface area contributed by atoms with Gasteiger partial charge in [0.15, 0.2) is 0 Å². The molecule has 0 bridgehead atoms. The topological polar surface area (TPSA) is 9.23 Å². The van der Waals surface area contributed by atoms with Gasteiger partial charge in [-0.15, -0.1) is 0 Å². The summed E-state index contributed by atoms with van der Waals surface area (Å²) in [5.74, 6) is 0. The van der Waals surface area contributed by atoms with Crippen LogP contribution in [0.3, 0.4) is 0 Å². The summed E-state index contributed by atoms with van der Waals surface area (Å²) >= 11 is 3.89. The van der Waals surface area contributed by atoms with Crippen LogP contribution < -0.4 is 0 Å². The third kappa shape index (κ3) is 5.56. The van der Waals surface area contributed by atoms with E-state index in [1.807, 2.05) is 43.6 Å². The second-order valence-electron chi connectivity index (χ2n) is 1.55. The van der Waals surface area contributed by atoms with E-state index in [9.17, 15) is 0 Å². The van der Waals surface area contributed by atoms with Crippen LogP contribution in [0.5, 0.6) is 0 Å². The standard InChI is InChI=1S/C6H10OTe2/c1-3-5(8)7-6(9)4-2/h3-4H2,1-2H3. The van der Waals surface area contributed by atoms with E-state index < -0.39 is 0 Å². The van der Waals surface area contributed by atoms with Crippen LogP contribution in [0.15, 0.2) is 0 Å². The summed E-state index contributed by atoms with van der Waals surface area (Å²) in [5.41, 5.74) is 0. The van der Waals surface area contributed by atoms with E-state index in [1.165, 1.54) is 0 Å². The first-order valence-electron chi connectivity index (χ1n) is 2.94. The van der Waals surface area contributed by atoms with Gasteiger partial charge in [0.25, 0.3) is 0 Å². The molecule has 1 nitrogen and oxygen atoms in total. The van der Waals surface area contributed by atoms with E-state index in [2.05, 4.69) is 13.8 Å². The van der Waals surface area contributed by atoms with Crippen molar-refractivity contribution < 1.29 is 4.74 Å². The Bertz CT molecular complexity index is 106. The molecular weight excluding hydrogens is 343 g/mol. The molecule has 0 aliphatic rings. The Balaban J connectivity index is 3.47. The Labute approximate surface area is 81.9 Å². The van der Waals surface area contributed by atoms with Gasteiger partial charge in [-0.25, -0.2) is 0 Å². The van der Waals surface area contributed by atoms with Gasteiger partial charge in [0.2, 0.25) is 0 Å². The zero-order valence-electron chi connectivity index (χ0n) is 5.64. The molecule has 0 rings (SSSR count). The van der Waals surface area contributed by atoms with Crippen LogP contribution in [0.1, 0.15) is 26.7 Å². The third-order valence-corrected chi connectivity index (χ3v) is 2.93. The van der Waals surface area contributed by atoms with E-state index in [-0.39, 0.29) is 0 Å². The average Bonchev–Trinajstić information content (AvgIpc) is 1.87. The van der Waals surface area contributed by atoms with Crippen LogP contribution in [-0.4, -0.2) is 51.1 Å². The van der Waals surface area contributed by atoms with E-state index in [4.69, 9.17) is 4.74 Å². The molecule has 52 valence electrons. The van der Waals surface area contributed by atoms with E-state index in [0.717, 1.165) is 20.3 Å². The molecular formula is C6H10OTe2. The summed E-state index contributed by atoms with van der Waals surface area (Å²) in [4.78, 5) is 0. The van der Waals surface area contributed by atoms with Crippen LogP contribution in [0.2, 0.25) is 0 Å². The quantitative estimate of drug-likeness (QED) is 0.666. The fraction of sp³-hybridized carbons (Fsp3) is 0.667.